The topological polar surface area (TPSA) is 72.9 Å². The van der Waals surface area contributed by atoms with E-state index in [1.807, 2.05) is 31.2 Å². The first-order valence-electron chi connectivity index (χ1n) is 12.7. The maximum atomic E-state index is 11.7. The number of aliphatic carboxylic acids is 1. The molecule has 4 rings (SSSR count). The van der Waals surface area contributed by atoms with Crippen molar-refractivity contribution < 1.29 is 38.3 Å². The molecule has 0 amide bonds. The molecule has 2 saturated heterocycles. The zero-order valence-electron chi connectivity index (χ0n) is 22.6. The summed E-state index contributed by atoms with van der Waals surface area (Å²) in [5.74, 6) is -1.31. The molecule has 7 heteroatoms. The van der Waals surface area contributed by atoms with Gasteiger partial charge in [0.1, 0.15) is 0 Å². The normalized spacial score (nSPS) is 25.7. The average molecular weight is 487 g/mol. The number of benzene rings is 2. The minimum atomic E-state index is -0.916. The number of carbonyl (C=O) groups is 2. The summed E-state index contributed by atoms with van der Waals surface area (Å²) in [5, 5.41) is 11.0. The molecular weight excluding hydrogens is 447 g/mol. The third-order valence-corrected chi connectivity index (χ3v) is 7.97. The van der Waals surface area contributed by atoms with Crippen LogP contribution in [0.15, 0.2) is 60.7 Å². The number of rotatable bonds is 6. The van der Waals surface area contributed by atoms with Gasteiger partial charge < -0.3 is 14.6 Å². The van der Waals surface area contributed by atoms with Crippen molar-refractivity contribution in [2.24, 2.45) is 11.8 Å². The van der Waals surface area contributed by atoms with Crippen LogP contribution in [-0.2, 0) is 14.3 Å². The summed E-state index contributed by atoms with van der Waals surface area (Å²) in [4.78, 5) is 27.3. The molecule has 6 atom stereocenters. The molecule has 2 aliphatic heterocycles. The van der Waals surface area contributed by atoms with Crippen LogP contribution in [0.1, 0.15) is 63.7 Å². The van der Waals surface area contributed by atoms with E-state index in [1.54, 1.807) is 0 Å². The van der Waals surface area contributed by atoms with Gasteiger partial charge in [0.05, 0.1) is 13.0 Å². The summed E-state index contributed by atoms with van der Waals surface area (Å²) in [6.07, 6.45) is 1.59. The van der Waals surface area contributed by atoms with E-state index in [4.69, 9.17) is 4.74 Å². The van der Waals surface area contributed by atoms with Gasteiger partial charge in [-0.15, -0.1) is 0 Å². The van der Waals surface area contributed by atoms with Crippen LogP contribution in [0.2, 0.25) is 0 Å². The Balaban J connectivity index is 0.000000247. The minimum Gasteiger partial charge on any atom is -0.550 e. The summed E-state index contributed by atoms with van der Waals surface area (Å²) >= 11 is 0. The van der Waals surface area contributed by atoms with Gasteiger partial charge in [-0.2, -0.15) is 0 Å². The van der Waals surface area contributed by atoms with Crippen LogP contribution in [-0.4, -0.2) is 54.0 Å². The zero-order valence-corrected chi connectivity index (χ0v) is 22.6. The van der Waals surface area contributed by atoms with Gasteiger partial charge in [0.2, 0.25) is 0 Å². The standard InChI is InChI=1S/C15H21NO2.C14H19NO2.Li/c1-11(13-7-5-4-6-8-13)16-10-9-14(12(16)2)15(17)18-3;1-10(12-6-4-3-5-7-12)15-9-8-13(11(15)2)14(16)17;/h4-8,11-12,14H,9-10H2,1-3H3;3-7,10-11,13H,8-9H2,1-2H3,(H,16,17);/q;;+1/p-1/t11-,12-,14-;10-,11-,13-;/m00./s1. The number of hydrogen-bond acceptors (Lipinski definition) is 6. The van der Waals surface area contributed by atoms with Gasteiger partial charge in [0.15, 0.2) is 0 Å². The Labute approximate surface area is 228 Å². The number of carboxylic acid groups (broad SMARTS) is 1. The first kappa shape index (κ1) is 30.1. The van der Waals surface area contributed by atoms with E-state index in [1.165, 1.54) is 18.2 Å². The van der Waals surface area contributed by atoms with E-state index in [0.29, 0.717) is 12.5 Å². The van der Waals surface area contributed by atoms with Gasteiger partial charge in [0, 0.05) is 36.1 Å². The smallest absolute Gasteiger partial charge is 0.550 e. The quantitative estimate of drug-likeness (QED) is 0.445. The molecule has 0 aromatic heterocycles. The van der Waals surface area contributed by atoms with Crippen molar-refractivity contribution in [2.75, 3.05) is 20.2 Å². The molecule has 0 bridgehead atoms. The Morgan fingerprint density at radius 1 is 0.806 bits per heavy atom. The van der Waals surface area contributed by atoms with Gasteiger partial charge in [-0.1, -0.05) is 60.7 Å². The largest absolute Gasteiger partial charge is 1.00 e. The fraction of sp³-hybridized carbons (Fsp3) is 0.517. The van der Waals surface area contributed by atoms with Crippen LogP contribution in [0.25, 0.3) is 0 Å². The van der Waals surface area contributed by atoms with Gasteiger partial charge >= 0.3 is 24.8 Å². The van der Waals surface area contributed by atoms with Crippen LogP contribution in [0.5, 0.6) is 0 Å². The summed E-state index contributed by atoms with van der Waals surface area (Å²) in [6, 6.07) is 21.5. The van der Waals surface area contributed by atoms with Gasteiger partial charge in [-0.3, -0.25) is 14.6 Å². The van der Waals surface area contributed by atoms with Gasteiger partial charge in [-0.25, -0.2) is 0 Å². The van der Waals surface area contributed by atoms with E-state index in [2.05, 4.69) is 67.0 Å². The number of carboxylic acids is 1. The number of methoxy groups -OCH3 is 1. The molecule has 2 aromatic rings. The Bertz CT molecular complexity index is 958. The second kappa shape index (κ2) is 14.0. The van der Waals surface area contributed by atoms with Crippen LogP contribution < -0.4 is 24.0 Å². The predicted octanol–water partition coefficient (Wildman–Crippen LogP) is 0.843. The molecule has 0 spiro atoms. The van der Waals surface area contributed by atoms with Crippen molar-refractivity contribution >= 4 is 11.9 Å². The molecule has 0 aliphatic carbocycles. The predicted molar refractivity (Wildman–Crippen MR) is 135 cm³/mol. The van der Waals surface area contributed by atoms with Crippen LogP contribution in [0.4, 0.5) is 0 Å². The SMILES string of the molecule is COC(=O)[C@H]1CCN([C@@H](C)c2ccccc2)[C@H]1C.C[C@@H](c1ccccc1)N1CC[C@H](C(=O)[O-])[C@@H]1C.[Li+]. The van der Waals surface area contributed by atoms with Crippen molar-refractivity contribution in [1.82, 2.24) is 9.80 Å². The second-order valence-electron chi connectivity index (χ2n) is 9.76. The first-order chi connectivity index (χ1) is 16.8. The maximum absolute atomic E-state index is 11.7. The summed E-state index contributed by atoms with van der Waals surface area (Å²) in [6.45, 7) is 10.2. The van der Waals surface area contributed by atoms with E-state index >= 15 is 0 Å². The van der Waals surface area contributed by atoms with Gasteiger partial charge in [-0.05, 0) is 64.8 Å². The average Bonchev–Trinajstić information content (AvgIpc) is 3.46. The van der Waals surface area contributed by atoms with Crippen LogP contribution >= 0.6 is 0 Å². The molecule has 190 valence electrons. The zero-order chi connectivity index (χ0) is 25.5. The van der Waals surface area contributed by atoms with E-state index in [9.17, 15) is 14.7 Å². The number of esters is 1. The Hall–Kier alpha value is -2.10. The molecule has 0 unspecified atom stereocenters. The van der Waals surface area contributed by atoms with Crippen molar-refractivity contribution in [3.63, 3.8) is 0 Å². The monoisotopic (exact) mass is 486 g/mol. The molecule has 2 fully saturated rings. The Morgan fingerprint density at radius 2 is 1.19 bits per heavy atom. The van der Waals surface area contributed by atoms with Crippen molar-refractivity contribution in [3.05, 3.63) is 71.8 Å². The third kappa shape index (κ3) is 7.01. The number of hydrogen-bond donors (Lipinski definition) is 0. The second-order valence-corrected chi connectivity index (χ2v) is 9.76. The molecule has 0 N–H and O–H groups in total. The van der Waals surface area contributed by atoms with Gasteiger partial charge in [0.25, 0.3) is 0 Å². The molecular formula is C29H39LiN2O4. The van der Waals surface area contributed by atoms with Crippen molar-refractivity contribution in [2.45, 2.75) is 64.7 Å². The summed E-state index contributed by atoms with van der Waals surface area (Å²) in [7, 11) is 1.47. The Morgan fingerprint density at radius 3 is 1.56 bits per heavy atom. The molecule has 6 nitrogen and oxygen atoms in total. The van der Waals surface area contributed by atoms with Crippen molar-refractivity contribution in [3.8, 4) is 0 Å². The van der Waals surface area contributed by atoms with E-state index in [-0.39, 0.29) is 54.8 Å². The molecule has 2 heterocycles. The van der Waals surface area contributed by atoms with E-state index < -0.39 is 5.97 Å². The minimum absolute atomic E-state index is 0. The number of nitrogens with zero attached hydrogens (tertiary/aromatic N) is 2. The number of ether oxygens (including phenoxy) is 1. The maximum Gasteiger partial charge on any atom is 1.00 e. The van der Waals surface area contributed by atoms with Crippen molar-refractivity contribution in [1.29, 1.82) is 0 Å². The molecule has 2 aromatic carbocycles. The molecule has 2 aliphatic rings. The summed E-state index contributed by atoms with van der Waals surface area (Å²) < 4.78 is 4.87. The number of likely N-dealkylation sites (tertiary alicyclic amines) is 2. The molecule has 0 saturated carbocycles. The van der Waals surface area contributed by atoms with Crippen LogP contribution in [0, 0.1) is 11.8 Å². The molecule has 0 radical (unpaired) electrons. The fourth-order valence-electron chi connectivity index (χ4n) is 5.65. The third-order valence-electron chi connectivity index (χ3n) is 7.97. The fourth-order valence-corrected chi connectivity index (χ4v) is 5.65. The van der Waals surface area contributed by atoms with E-state index in [0.717, 1.165) is 19.5 Å². The first-order valence-corrected chi connectivity index (χ1v) is 12.7. The van der Waals surface area contributed by atoms with Crippen LogP contribution in [0.3, 0.4) is 0 Å². The number of carbonyl (C=O) groups excluding carboxylic acids is 2. The molecule has 36 heavy (non-hydrogen) atoms. The Kier molecular flexibility index (Phi) is 11.7. The summed E-state index contributed by atoms with van der Waals surface area (Å²) in [5.41, 5.74) is 2.54.